The van der Waals surface area contributed by atoms with Gasteiger partial charge in [-0.25, -0.2) is 4.79 Å². The van der Waals surface area contributed by atoms with Gasteiger partial charge in [-0.05, 0) is 26.2 Å². The Labute approximate surface area is 108 Å². The molecule has 0 fully saturated rings. The third-order valence-corrected chi connectivity index (χ3v) is 3.34. The van der Waals surface area contributed by atoms with E-state index in [9.17, 15) is 18.0 Å². The molecule has 2 rings (SSSR count). The number of aromatic nitrogens is 2. The molecule has 0 bridgehead atoms. The fraction of sp³-hybridized carbons (Fsp3) is 0.667. The van der Waals surface area contributed by atoms with E-state index in [0.29, 0.717) is 11.3 Å². The van der Waals surface area contributed by atoms with E-state index in [4.69, 9.17) is 4.74 Å². The van der Waals surface area contributed by atoms with Gasteiger partial charge in [0.15, 0.2) is 0 Å². The number of ether oxygens (including phenoxy) is 1. The first kappa shape index (κ1) is 13.9. The van der Waals surface area contributed by atoms with Gasteiger partial charge < -0.3 is 4.74 Å². The third-order valence-electron chi connectivity index (χ3n) is 3.34. The van der Waals surface area contributed by atoms with Gasteiger partial charge in [0.2, 0.25) is 0 Å². The molecule has 0 saturated heterocycles. The summed E-state index contributed by atoms with van der Waals surface area (Å²) < 4.78 is 44.5. The molecule has 0 amide bonds. The normalized spacial score (nSPS) is 19.1. The summed E-state index contributed by atoms with van der Waals surface area (Å²) in [6, 6.07) is 0. The van der Waals surface area contributed by atoms with Crippen molar-refractivity contribution >= 4 is 5.97 Å². The van der Waals surface area contributed by atoms with Crippen LogP contribution in [0.2, 0.25) is 0 Å². The highest BCUT2D eigenvalue weighted by Gasteiger charge is 2.43. The minimum absolute atomic E-state index is 0.0236. The molecule has 1 aliphatic rings. The lowest BCUT2D eigenvalue weighted by molar-refractivity contribution is -0.177. The molecule has 0 spiro atoms. The number of hydrogen-bond donors (Lipinski definition) is 0. The topological polar surface area (TPSA) is 44.1 Å². The molecule has 1 atom stereocenters. The highest BCUT2D eigenvalue weighted by Crippen LogP contribution is 2.37. The van der Waals surface area contributed by atoms with Gasteiger partial charge in [-0.1, -0.05) is 0 Å². The summed E-state index contributed by atoms with van der Waals surface area (Å²) in [5, 5.41) is 4.12. The Morgan fingerprint density at radius 1 is 1.53 bits per heavy atom. The maximum atomic E-state index is 12.8. The Hall–Kier alpha value is -1.53. The van der Waals surface area contributed by atoms with Crippen LogP contribution in [0.5, 0.6) is 0 Å². The number of rotatable bonds is 2. The summed E-state index contributed by atoms with van der Waals surface area (Å²) in [5.41, 5.74) is 1.10. The predicted molar refractivity (Wildman–Crippen MR) is 60.7 cm³/mol. The zero-order valence-electron chi connectivity index (χ0n) is 10.8. The van der Waals surface area contributed by atoms with E-state index in [2.05, 4.69) is 5.10 Å². The second-order valence-electron chi connectivity index (χ2n) is 4.60. The summed E-state index contributed by atoms with van der Waals surface area (Å²) in [5.74, 6) is -2.01. The quantitative estimate of drug-likeness (QED) is 0.778. The predicted octanol–water partition coefficient (Wildman–Crippen LogP) is 2.26. The lowest BCUT2D eigenvalue weighted by atomic mass is 9.86. The Balaban J connectivity index is 2.34. The summed E-state index contributed by atoms with van der Waals surface area (Å²) in [4.78, 5) is 11.8. The van der Waals surface area contributed by atoms with Crippen molar-refractivity contribution in [2.24, 2.45) is 13.0 Å². The second-order valence-corrected chi connectivity index (χ2v) is 4.60. The highest BCUT2D eigenvalue weighted by atomic mass is 19.4. The van der Waals surface area contributed by atoms with Gasteiger partial charge in [-0.2, -0.15) is 18.3 Å². The smallest absolute Gasteiger partial charge is 0.392 e. The van der Waals surface area contributed by atoms with Gasteiger partial charge >= 0.3 is 12.1 Å². The molecular weight excluding hydrogens is 261 g/mol. The number of carbonyl (C=O) groups is 1. The van der Waals surface area contributed by atoms with Gasteiger partial charge in [0.25, 0.3) is 0 Å². The number of alkyl halides is 3. The maximum absolute atomic E-state index is 12.8. The van der Waals surface area contributed by atoms with E-state index in [-0.39, 0.29) is 31.6 Å². The van der Waals surface area contributed by atoms with Crippen molar-refractivity contribution in [3.05, 3.63) is 17.0 Å². The zero-order valence-corrected chi connectivity index (χ0v) is 10.8. The maximum Gasteiger partial charge on any atom is 0.392 e. The molecule has 0 aromatic carbocycles. The van der Waals surface area contributed by atoms with E-state index < -0.39 is 18.1 Å². The summed E-state index contributed by atoms with van der Waals surface area (Å²) in [6.07, 6.45) is -4.16. The number of carbonyl (C=O) groups excluding carboxylic acids is 1. The average Bonchev–Trinajstić information content (AvgIpc) is 2.62. The van der Waals surface area contributed by atoms with E-state index in [1.54, 1.807) is 14.0 Å². The molecular formula is C12H15F3N2O2. The molecule has 0 saturated carbocycles. The van der Waals surface area contributed by atoms with Crippen molar-refractivity contribution < 1.29 is 22.7 Å². The Morgan fingerprint density at radius 2 is 2.21 bits per heavy atom. The standard InChI is InChI=1S/C12H15F3N2O2/c1-3-19-11(18)10-8-6-7(12(13,14)15)4-5-9(8)16-17(10)2/h7H,3-6H2,1-2H3/t7-/m1/s1. The minimum atomic E-state index is -4.24. The number of nitrogens with zero attached hydrogens (tertiary/aromatic N) is 2. The van der Waals surface area contributed by atoms with Crippen LogP contribution in [0.3, 0.4) is 0 Å². The largest absolute Gasteiger partial charge is 0.461 e. The van der Waals surface area contributed by atoms with Crippen molar-refractivity contribution in [1.82, 2.24) is 9.78 Å². The molecule has 0 N–H and O–H groups in total. The van der Waals surface area contributed by atoms with E-state index >= 15 is 0 Å². The molecule has 1 aliphatic carbocycles. The second kappa shape index (κ2) is 4.86. The monoisotopic (exact) mass is 276 g/mol. The van der Waals surface area contributed by atoms with Crippen LogP contribution in [0.15, 0.2) is 0 Å². The molecule has 1 aromatic rings. The SMILES string of the molecule is CCOC(=O)c1c2c(nn1C)CC[C@@H](C(F)(F)F)C2. The number of hydrogen-bond acceptors (Lipinski definition) is 3. The van der Waals surface area contributed by atoms with Crippen LogP contribution in [0, 0.1) is 5.92 Å². The van der Waals surface area contributed by atoms with Crippen molar-refractivity contribution in [2.45, 2.75) is 32.4 Å². The van der Waals surface area contributed by atoms with Crippen LogP contribution in [0.4, 0.5) is 13.2 Å². The zero-order chi connectivity index (χ0) is 14.2. The Kier molecular flexibility index (Phi) is 3.56. The molecule has 106 valence electrons. The summed E-state index contributed by atoms with van der Waals surface area (Å²) in [7, 11) is 1.55. The van der Waals surface area contributed by atoms with Crippen LogP contribution in [-0.4, -0.2) is 28.5 Å². The molecule has 19 heavy (non-hydrogen) atoms. The van der Waals surface area contributed by atoms with Crippen LogP contribution in [-0.2, 0) is 24.6 Å². The van der Waals surface area contributed by atoms with E-state index in [1.165, 1.54) is 4.68 Å². The van der Waals surface area contributed by atoms with Gasteiger partial charge in [-0.15, -0.1) is 0 Å². The Morgan fingerprint density at radius 3 is 2.79 bits per heavy atom. The van der Waals surface area contributed by atoms with Crippen LogP contribution >= 0.6 is 0 Å². The molecule has 4 nitrogen and oxygen atoms in total. The molecule has 0 aliphatic heterocycles. The third kappa shape index (κ3) is 2.59. The van der Waals surface area contributed by atoms with Crippen molar-refractivity contribution in [1.29, 1.82) is 0 Å². The van der Waals surface area contributed by atoms with Crippen molar-refractivity contribution in [2.75, 3.05) is 6.61 Å². The molecule has 0 unspecified atom stereocenters. The van der Waals surface area contributed by atoms with Crippen LogP contribution in [0.1, 0.15) is 35.1 Å². The fourth-order valence-corrected chi connectivity index (χ4v) is 2.43. The van der Waals surface area contributed by atoms with E-state index in [1.807, 2.05) is 0 Å². The number of aryl methyl sites for hydroxylation is 2. The summed E-state index contributed by atoms with van der Waals surface area (Å²) in [6.45, 7) is 1.83. The first-order valence-corrected chi connectivity index (χ1v) is 6.13. The summed E-state index contributed by atoms with van der Waals surface area (Å²) >= 11 is 0. The molecule has 1 heterocycles. The Bertz CT molecular complexity index is 494. The number of fused-ring (bicyclic) bond motifs is 1. The van der Waals surface area contributed by atoms with E-state index in [0.717, 1.165) is 0 Å². The fourth-order valence-electron chi connectivity index (χ4n) is 2.43. The van der Waals surface area contributed by atoms with Gasteiger partial charge in [0.1, 0.15) is 5.69 Å². The minimum Gasteiger partial charge on any atom is -0.461 e. The number of halogens is 3. The van der Waals surface area contributed by atoms with Crippen molar-refractivity contribution in [3.63, 3.8) is 0 Å². The lowest BCUT2D eigenvalue weighted by Crippen LogP contribution is -2.29. The number of esters is 1. The van der Waals surface area contributed by atoms with Crippen LogP contribution < -0.4 is 0 Å². The molecule has 1 aromatic heterocycles. The first-order chi connectivity index (χ1) is 8.84. The molecule has 0 radical (unpaired) electrons. The average molecular weight is 276 g/mol. The lowest BCUT2D eigenvalue weighted by Gasteiger charge is -2.24. The first-order valence-electron chi connectivity index (χ1n) is 6.13. The van der Waals surface area contributed by atoms with Crippen molar-refractivity contribution in [3.8, 4) is 0 Å². The van der Waals surface area contributed by atoms with Gasteiger partial charge in [-0.3, -0.25) is 4.68 Å². The highest BCUT2D eigenvalue weighted by molar-refractivity contribution is 5.89. The molecule has 7 heteroatoms. The van der Waals surface area contributed by atoms with Gasteiger partial charge in [0.05, 0.1) is 18.2 Å². The van der Waals surface area contributed by atoms with Crippen LogP contribution in [0.25, 0.3) is 0 Å². The van der Waals surface area contributed by atoms with Gasteiger partial charge in [0, 0.05) is 12.6 Å².